The van der Waals surface area contributed by atoms with Gasteiger partial charge in [0.25, 0.3) is 5.91 Å². The van der Waals surface area contributed by atoms with Crippen molar-refractivity contribution in [3.8, 4) is 0 Å². The highest BCUT2D eigenvalue weighted by molar-refractivity contribution is 5.93. The number of rotatable bonds is 3. The lowest BCUT2D eigenvalue weighted by Crippen LogP contribution is -2.49. The minimum Gasteiger partial charge on any atom is -0.450 e. The second kappa shape index (κ2) is 8.31. The van der Waals surface area contributed by atoms with Crippen LogP contribution < -0.4 is 4.90 Å². The molecule has 2 fully saturated rings. The Morgan fingerprint density at radius 2 is 1.65 bits per heavy atom. The highest BCUT2D eigenvalue weighted by atomic mass is 16.6. The molecule has 0 aliphatic carbocycles. The molecule has 0 radical (unpaired) electrons. The summed E-state index contributed by atoms with van der Waals surface area (Å²) in [5, 5.41) is 0. The molecule has 9 heteroatoms. The van der Waals surface area contributed by atoms with Crippen LogP contribution in [0.3, 0.4) is 0 Å². The van der Waals surface area contributed by atoms with Gasteiger partial charge in [-0.05, 0) is 14.0 Å². The summed E-state index contributed by atoms with van der Waals surface area (Å²) >= 11 is 0. The number of hydrogen-bond acceptors (Lipinski definition) is 7. The highest BCUT2D eigenvalue weighted by Crippen LogP contribution is 2.16. The Labute approximate surface area is 153 Å². The normalized spacial score (nSPS) is 18.8. The Bertz CT molecular complexity index is 639. The summed E-state index contributed by atoms with van der Waals surface area (Å²) in [5.74, 6) is 0.674. The number of nitrogens with zero attached hydrogens (tertiary/aromatic N) is 6. The summed E-state index contributed by atoms with van der Waals surface area (Å²) in [6.45, 7) is 7.81. The van der Waals surface area contributed by atoms with E-state index in [4.69, 9.17) is 4.74 Å². The van der Waals surface area contributed by atoms with E-state index >= 15 is 0 Å². The average molecular weight is 362 g/mol. The molecule has 0 aromatic carbocycles. The molecule has 0 atom stereocenters. The Morgan fingerprint density at radius 1 is 1.00 bits per heavy atom. The molecule has 0 unspecified atom stereocenters. The van der Waals surface area contributed by atoms with E-state index in [1.54, 1.807) is 17.9 Å². The molecule has 0 saturated carbocycles. The molecule has 142 valence electrons. The molecule has 3 heterocycles. The topological polar surface area (TPSA) is 82.1 Å². The van der Waals surface area contributed by atoms with Gasteiger partial charge in [-0.1, -0.05) is 0 Å². The van der Waals surface area contributed by atoms with Crippen molar-refractivity contribution in [3.05, 3.63) is 18.1 Å². The average Bonchev–Trinajstić information content (AvgIpc) is 2.68. The fraction of sp³-hybridized carbons (Fsp3) is 0.647. The van der Waals surface area contributed by atoms with Crippen molar-refractivity contribution in [2.75, 3.05) is 70.9 Å². The maximum Gasteiger partial charge on any atom is 0.409 e. The Balaban J connectivity index is 1.61. The van der Waals surface area contributed by atoms with Crippen molar-refractivity contribution in [1.29, 1.82) is 0 Å². The minimum absolute atomic E-state index is 0.0492. The summed E-state index contributed by atoms with van der Waals surface area (Å²) < 4.78 is 5.04. The predicted molar refractivity (Wildman–Crippen MR) is 96.2 cm³/mol. The lowest BCUT2D eigenvalue weighted by Gasteiger charge is -2.35. The number of carbonyl (C=O) groups is 2. The number of hydrogen-bond donors (Lipinski definition) is 0. The van der Waals surface area contributed by atoms with Crippen molar-refractivity contribution in [2.24, 2.45) is 0 Å². The van der Waals surface area contributed by atoms with Gasteiger partial charge in [0.2, 0.25) is 0 Å². The zero-order chi connectivity index (χ0) is 18.5. The quantitative estimate of drug-likeness (QED) is 0.757. The van der Waals surface area contributed by atoms with Crippen molar-refractivity contribution in [3.63, 3.8) is 0 Å². The van der Waals surface area contributed by atoms with Crippen LogP contribution in [0.1, 0.15) is 17.4 Å². The molecule has 3 rings (SSSR count). The molecule has 2 aliphatic heterocycles. The van der Waals surface area contributed by atoms with Crippen LogP contribution in [-0.2, 0) is 4.74 Å². The van der Waals surface area contributed by atoms with Crippen molar-refractivity contribution in [2.45, 2.75) is 6.92 Å². The summed E-state index contributed by atoms with van der Waals surface area (Å²) in [6, 6.07) is 1.75. The van der Waals surface area contributed by atoms with Gasteiger partial charge in [-0.25, -0.2) is 14.8 Å². The van der Waals surface area contributed by atoms with Gasteiger partial charge >= 0.3 is 6.09 Å². The maximum absolute atomic E-state index is 12.7. The number of ether oxygens (including phenoxy) is 1. The first kappa shape index (κ1) is 18.4. The van der Waals surface area contributed by atoms with Crippen molar-refractivity contribution >= 4 is 17.8 Å². The van der Waals surface area contributed by atoms with Gasteiger partial charge in [0.1, 0.15) is 17.8 Å². The van der Waals surface area contributed by atoms with Crippen molar-refractivity contribution < 1.29 is 14.3 Å². The number of carbonyl (C=O) groups excluding carboxylic acids is 2. The molecule has 1 aromatic heterocycles. The van der Waals surface area contributed by atoms with E-state index in [9.17, 15) is 9.59 Å². The monoisotopic (exact) mass is 362 g/mol. The van der Waals surface area contributed by atoms with Gasteiger partial charge in [0.05, 0.1) is 6.61 Å². The standard InChI is InChI=1S/C17H26N6O3/c1-3-26-17(25)23-10-8-21(9-11-23)15-12-14(18-13-19-15)16(24)22-6-4-20(2)5-7-22/h12-13H,3-11H2,1-2H3. The van der Waals surface area contributed by atoms with Crippen LogP contribution in [0, 0.1) is 0 Å². The largest absolute Gasteiger partial charge is 0.450 e. The first-order valence-corrected chi connectivity index (χ1v) is 9.05. The summed E-state index contributed by atoms with van der Waals surface area (Å²) in [4.78, 5) is 40.8. The van der Waals surface area contributed by atoms with Gasteiger partial charge in [0.15, 0.2) is 0 Å². The number of piperazine rings is 2. The molecule has 2 saturated heterocycles. The molecule has 0 spiro atoms. The molecule has 0 bridgehead atoms. The van der Waals surface area contributed by atoms with Gasteiger partial charge < -0.3 is 24.3 Å². The molecule has 0 N–H and O–H groups in total. The zero-order valence-corrected chi connectivity index (χ0v) is 15.4. The van der Waals surface area contributed by atoms with Crippen LogP contribution in [-0.4, -0.2) is 103 Å². The summed E-state index contributed by atoms with van der Waals surface area (Å²) in [7, 11) is 2.06. The first-order chi connectivity index (χ1) is 12.6. The van der Waals surface area contributed by atoms with Crippen LogP contribution >= 0.6 is 0 Å². The lowest BCUT2D eigenvalue weighted by molar-refractivity contribution is 0.0658. The summed E-state index contributed by atoms with van der Waals surface area (Å²) in [6.07, 6.45) is 1.16. The Kier molecular flexibility index (Phi) is 5.87. The van der Waals surface area contributed by atoms with Gasteiger partial charge in [-0.3, -0.25) is 4.79 Å². The summed E-state index contributed by atoms with van der Waals surface area (Å²) in [5.41, 5.74) is 0.423. The van der Waals surface area contributed by atoms with E-state index in [0.717, 1.165) is 18.9 Å². The van der Waals surface area contributed by atoms with E-state index in [1.165, 1.54) is 6.33 Å². The molecule has 2 aliphatic rings. The van der Waals surface area contributed by atoms with Gasteiger partial charge in [-0.2, -0.15) is 0 Å². The van der Waals surface area contributed by atoms with Crippen LogP contribution in [0.5, 0.6) is 0 Å². The Morgan fingerprint density at radius 3 is 2.31 bits per heavy atom. The van der Waals surface area contributed by atoms with E-state index < -0.39 is 0 Å². The lowest BCUT2D eigenvalue weighted by atomic mass is 10.2. The van der Waals surface area contributed by atoms with Crippen LogP contribution in [0.25, 0.3) is 0 Å². The third kappa shape index (κ3) is 4.21. The minimum atomic E-state index is -0.277. The maximum atomic E-state index is 12.7. The van der Waals surface area contributed by atoms with E-state index in [-0.39, 0.29) is 12.0 Å². The SMILES string of the molecule is CCOC(=O)N1CCN(c2cc(C(=O)N3CCN(C)CC3)ncn2)CC1. The molecular weight excluding hydrogens is 336 g/mol. The highest BCUT2D eigenvalue weighted by Gasteiger charge is 2.25. The molecule has 1 aromatic rings. The van der Waals surface area contributed by atoms with Crippen LogP contribution in [0.15, 0.2) is 12.4 Å². The van der Waals surface area contributed by atoms with Gasteiger partial charge in [-0.15, -0.1) is 0 Å². The Hall–Kier alpha value is -2.42. The van der Waals surface area contributed by atoms with E-state index in [1.807, 2.05) is 4.90 Å². The van der Waals surface area contributed by atoms with Crippen molar-refractivity contribution in [1.82, 2.24) is 24.7 Å². The van der Waals surface area contributed by atoms with E-state index in [2.05, 4.69) is 26.8 Å². The number of anilines is 1. The molecule has 2 amide bonds. The third-order valence-corrected chi connectivity index (χ3v) is 4.79. The zero-order valence-electron chi connectivity index (χ0n) is 15.4. The fourth-order valence-electron chi connectivity index (χ4n) is 3.14. The fourth-order valence-corrected chi connectivity index (χ4v) is 3.14. The molecule has 9 nitrogen and oxygen atoms in total. The number of likely N-dealkylation sites (N-methyl/N-ethyl adjacent to an activating group) is 1. The van der Waals surface area contributed by atoms with E-state index in [0.29, 0.717) is 51.6 Å². The predicted octanol–water partition coefficient (Wildman–Crippen LogP) is 0.143. The number of amides is 2. The third-order valence-electron chi connectivity index (χ3n) is 4.79. The second-order valence-electron chi connectivity index (χ2n) is 6.53. The van der Waals surface area contributed by atoms with Gasteiger partial charge in [0, 0.05) is 58.4 Å². The number of aromatic nitrogens is 2. The molecule has 26 heavy (non-hydrogen) atoms. The molecular formula is C17H26N6O3. The van der Waals surface area contributed by atoms with Crippen LogP contribution in [0.2, 0.25) is 0 Å². The van der Waals surface area contributed by atoms with Crippen LogP contribution in [0.4, 0.5) is 10.6 Å². The first-order valence-electron chi connectivity index (χ1n) is 9.05. The second-order valence-corrected chi connectivity index (χ2v) is 6.53. The smallest absolute Gasteiger partial charge is 0.409 e.